The van der Waals surface area contributed by atoms with Gasteiger partial charge < -0.3 is 14.4 Å². The molecule has 0 N–H and O–H groups in total. The summed E-state index contributed by atoms with van der Waals surface area (Å²) in [6.45, 7) is 4.16. The minimum absolute atomic E-state index is 0.00378. The van der Waals surface area contributed by atoms with Gasteiger partial charge in [0.05, 0.1) is 19.3 Å². The van der Waals surface area contributed by atoms with Crippen molar-refractivity contribution in [2.75, 3.05) is 12.0 Å². The first-order valence-electron chi connectivity index (χ1n) is 10.1. The Labute approximate surface area is 173 Å². The van der Waals surface area contributed by atoms with Crippen molar-refractivity contribution in [2.45, 2.75) is 32.0 Å². The van der Waals surface area contributed by atoms with Gasteiger partial charge in [-0.05, 0) is 55.3 Å². The third kappa shape index (κ3) is 4.00. The summed E-state index contributed by atoms with van der Waals surface area (Å²) < 4.78 is 11.7. The van der Waals surface area contributed by atoms with Crippen LogP contribution in [0.1, 0.15) is 37.1 Å². The molecule has 0 fully saturated rings. The van der Waals surface area contributed by atoms with Crippen molar-refractivity contribution >= 4 is 5.69 Å². The number of ether oxygens (including phenoxy) is 2. The van der Waals surface area contributed by atoms with E-state index < -0.39 is 0 Å². The summed E-state index contributed by atoms with van der Waals surface area (Å²) in [6.07, 6.45) is 2.37. The van der Waals surface area contributed by atoms with Crippen LogP contribution >= 0.6 is 0 Å². The first-order valence-corrected chi connectivity index (χ1v) is 10.1. The molecule has 0 saturated carbocycles. The molecule has 0 spiro atoms. The first kappa shape index (κ1) is 19.1. The zero-order valence-electron chi connectivity index (χ0n) is 17.2. The number of rotatable bonds is 6. The van der Waals surface area contributed by atoms with E-state index in [1.165, 1.54) is 16.8 Å². The van der Waals surface area contributed by atoms with Gasteiger partial charge in [-0.2, -0.15) is 0 Å². The van der Waals surface area contributed by atoms with Crippen molar-refractivity contribution < 1.29 is 9.47 Å². The Kier molecular flexibility index (Phi) is 5.57. The van der Waals surface area contributed by atoms with E-state index in [0.29, 0.717) is 0 Å². The van der Waals surface area contributed by atoms with Gasteiger partial charge in [-0.3, -0.25) is 0 Å². The van der Waals surface area contributed by atoms with Crippen LogP contribution < -0.4 is 9.64 Å². The molecule has 0 saturated heterocycles. The van der Waals surface area contributed by atoms with Crippen molar-refractivity contribution in [2.24, 2.45) is 0 Å². The smallest absolute Gasteiger partial charge is 0.122 e. The highest BCUT2D eigenvalue weighted by atomic mass is 16.5. The molecule has 0 aromatic heterocycles. The number of nitrogens with zero attached hydrogens (tertiary/aromatic N) is 1. The van der Waals surface area contributed by atoms with Crippen molar-refractivity contribution in [1.29, 1.82) is 0 Å². The van der Waals surface area contributed by atoms with Crippen LogP contribution in [-0.4, -0.2) is 13.2 Å². The van der Waals surface area contributed by atoms with E-state index in [0.717, 1.165) is 11.5 Å². The van der Waals surface area contributed by atoms with Crippen LogP contribution in [0, 0.1) is 0 Å². The molecule has 0 radical (unpaired) electrons. The van der Waals surface area contributed by atoms with Gasteiger partial charge in [0, 0.05) is 5.69 Å². The van der Waals surface area contributed by atoms with Crippen LogP contribution in [0.15, 0.2) is 96.8 Å². The molecule has 2 atom stereocenters. The molecular weight excluding hydrogens is 358 g/mol. The first-order chi connectivity index (χ1) is 14.2. The van der Waals surface area contributed by atoms with Crippen LogP contribution in [-0.2, 0) is 4.74 Å². The van der Waals surface area contributed by atoms with Gasteiger partial charge in [0.1, 0.15) is 17.6 Å². The fourth-order valence-electron chi connectivity index (χ4n) is 3.93. The van der Waals surface area contributed by atoms with Gasteiger partial charge in [0.2, 0.25) is 0 Å². The van der Waals surface area contributed by atoms with Gasteiger partial charge in [-0.1, -0.05) is 60.7 Å². The number of benzene rings is 3. The maximum Gasteiger partial charge on any atom is 0.122 e. The van der Waals surface area contributed by atoms with Gasteiger partial charge in [0.15, 0.2) is 0 Å². The molecular formula is C26H27NO2. The molecule has 148 valence electrons. The molecule has 1 aliphatic heterocycles. The monoisotopic (exact) mass is 385 g/mol. The van der Waals surface area contributed by atoms with E-state index in [9.17, 15) is 0 Å². The fourth-order valence-corrected chi connectivity index (χ4v) is 3.93. The molecule has 3 nitrogen and oxygen atoms in total. The predicted octanol–water partition coefficient (Wildman–Crippen LogP) is 6.31. The molecule has 0 bridgehead atoms. The van der Waals surface area contributed by atoms with Crippen molar-refractivity contribution in [1.82, 2.24) is 0 Å². The van der Waals surface area contributed by atoms with Gasteiger partial charge in [-0.25, -0.2) is 0 Å². The Morgan fingerprint density at radius 2 is 1.38 bits per heavy atom. The maximum atomic E-state index is 6.33. The summed E-state index contributed by atoms with van der Waals surface area (Å²) >= 11 is 0. The Bertz CT molecular complexity index is 949. The van der Waals surface area contributed by atoms with Gasteiger partial charge in [-0.15, -0.1) is 0 Å². The molecule has 4 rings (SSSR count). The zero-order chi connectivity index (χ0) is 20.2. The van der Waals surface area contributed by atoms with Crippen molar-refractivity contribution in [3.05, 3.63) is 108 Å². The van der Waals surface area contributed by atoms with Crippen molar-refractivity contribution in [3.63, 3.8) is 0 Å². The summed E-state index contributed by atoms with van der Waals surface area (Å²) in [4.78, 5) is 2.44. The van der Waals surface area contributed by atoms with Crippen LogP contribution in [0.4, 0.5) is 5.69 Å². The van der Waals surface area contributed by atoms with Crippen LogP contribution in [0.5, 0.6) is 5.75 Å². The number of methoxy groups -OCH3 is 1. The lowest BCUT2D eigenvalue weighted by Gasteiger charge is -2.34. The standard InChI is InChI=1S/C26H27NO2/c1-19(2)29-25-18-24(20-10-6-4-7-11-20)27(22-12-8-5-9-13-22)26(25)21-14-16-23(28-3)17-15-21/h4-19,24,26H,1-3H3/t24-,26+/m0/s1. The molecule has 3 heteroatoms. The Balaban J connectivity index is 1.84. The molecule has 0 aliphatic carbocycles. The quantitative estimate of drug-likeness (QED) is 0.496. The summed E-state index contributed by atoms with van der Waals surface area (Å²) in [7, 11) is 1.69. The zero-order valence-corrected chi connectivity index (χ0v) is 17.2. The lowest BCUT2D eigenvalue weighted by atomic mass is 10.0. The Morgan fingerprint density at radius 3 is 1.97 bits per heavy atom. The predicted molar refractivity (Wildman–Crippen MR) is 118 cm³/mol. The number of hydrogen-bond acceptors (Lipinski definition) is 3. The molecule has 3 aromatic carbocycles. The van der Waals surface area contributed by atoms with Gasteiger partial charge in [0.25, 0.3) is 0 Å². The average Bonchev–Trinajstić information content (AvgIpc) is 3.13. The largest absolute Gasteiger partial charge is 0.497 e. The number of para-hydroxylation sites is 1. The SMILES string of the molecule is COc1ccc([C@@H]2C(OC(C)C)=C[C@@H](c3ccccc3)N2c2ccccc2)cc1. The van der Waals surface area contributed by atoms with E-state index in [-0.39, 0.29) is 18.2 Å². The van der Waals surface area contributed by atoms with Crippen molar-refractivity contribution in [3.8, 4) is 5.75 Å². The second-order valence-corrected chi connectivity index (χ2v) is 7.51. The summed E-state index contributed by atoms with van der Waals surface area (Å²) in [5.41, 5.74) is 3.60. The van der Waals surface area contributed by atoms with E-state index in [4.69, 9.17) is 9.47 Å². The van der Waals surface area contributed by atoms with E-state index in [2.05, 4.69) is 97.6 Å². The Hall–Kier alpha value is -3.20. The molecule has 0 amide bonds. The second-order valence-electron chi connectivity index (χ2n) is 7.51. The highest BCUT2D eigenvalue weighted by molar-refractivity contribution is 5.58. The molecule has 3 aromatic rings. The summed E-state index contributed by atoms with van der Waals surface area (Å²) in [5, 5.41) is 0. The van der Waals surface area contributed by atoms with Crippen LogP contribution in [0.25, 0.3) is 0 Å². The second kappa shape index (κ2) is 8.44. The van der Waals surface area contributed by atoms with Crippen LogP contribution in [0.3, 0.4) is 0 Å². The van der Waals surface area contributed by atoms with E-state index in [1.807, 2.05) is 12.1 Å². The third-order valence-corrected chi connectivity index (χ3v) is 5.17. The van der Waals surface area contributed by atoms with E-state index in [1.54, 1.807) is 7.11 Å². The lowest BCUT2D eigenvalue weighted by Crippen LogP contribution is -2.28. The summed E-state index contributed by atoms with van der Waals surface area (Å²) in [6, 6.07) is 29.5. The topological polar surface area (TPSA) is 21.7 Å². The molecule has 29 heavy (non-hydrogen) atoms. The van der Waals surface area contributed by atoms with Crippen LogP contribution in [0.2, 0.25) is 0 Å². The minimum atomic E-state index is -0.00378. The molecule has 0 unspecified atom stereocenters. The summed E-state index contributed by atoms with van der Waals surface area (Å²) in [5.74, 6) is 1.84. The highest BCUT2D eigenvalue weighted by Gasteiger charge is 2.38. The highest BCUT2D eigenvalue weighted by Crippen LogP contribution is 2.47. The normalized spacial score (nSPS) is 18.6. The number of hydrogen-bond donors (Lipinski definition) is 0. The Morgan fingerprint density at radius 1 is 0.759 bits per heavy atom. The third-order valence-electron chi connectivity index (χ3n) is 5.17. The fraction of sp³-hybridized carbons (Fsp3) is 0.231. The molecule has 1 aliphatic rings. The maximum absolute atomic E-state index is 6.33. The molecule has 1 heterocycles. The van der Waals surface area contributed by atoms with E-state index >= 15 is 0 Å². The van der Waals surface area contributed by atoms with Gasteiger partial charge >= 0.3 is 0 Å². The lowest BCUT2D eigenvalue weighted by molar-refractivity contribution is 0.136. The number of anilines is 1. The minimum Gasteiger partial charge on any atom is -0.497 e. The average molecular weight is 386 g/mol.